The first kappa shape index (κ1) is 25.6. The number of amides is 2. The molecular formula is C29H32N2O4. The first-order valence-electron chi connectivity index (χ1n) is 11.6. The largest absolute Gasteiger partial charge is 0.489 e. The van der Waals surface area contributed by atoms with Gasteiger partial charge in [-0.25, -0.2) is 4.79 Å². The van der Waals surface area contributed by atoms with Crippen molar-refractivity contribution in [2.24, 2.45) is 0 Å². The quantitative estimate of drug-likeness (QED) is 0.432. The topological polar surface area (TPSA) is 76.7 Å². The highest BCUT2D eigenvalue weighted by Crippen LogP contribution is 2.15. The molecule has 182 valence electrons. The van der Waals surface area contributed by atoms with Crippen molar-refractivity contribution in [3.05, 3.63) is 108 Å². The van der Waals surface area contributed by atoms with Crippen LogP contribution in [-0.2, 0) is 22.6 Å². The van der Waals surface area contributed by atoms with Gasteiger partial charge in [-0.2, -0.15) is 0 Å². The number of hydrogen-bond acceptors (Lipinski definition) is 4. The Kier molecular flexibility index (Phi) is 9.07. The predicted octanol–water partition coefficient (Wildman–Crippen LogP) is 5.49. The van der Waals surface area contributed by atoms with E-state index in [1.165, 1.54) is 0 Å². The Labute approximate surface area is 207 Å². The summed E-state index contributed by atoms with van der Waals surface area (Å²) in [5.41, 5.74) is 2.27. The van der Waals surface area contributed by atoms with Crippen LogP contribution in [0.3, 0.4) is 0 Å². The van der Waals surface area contributed by atoms with Crippen molar-refractivity contribution in [2.75, 3.05) is 0 Å². The third kappa shape index (κ3) is 9.37. The Balaban J connectivity index is 1.56. The van der Waals surface area contributed by atoms with Gasteiger partial charge in [-0.3, -0.25) is 4.79 Å². The van der Waals surface area contributed by atoms with Gasteiger partial charge >= 0.3 is 6.09 Å². The molecule has 2 N–H and O–H groups in total. The summed E-state index contributed by atoms with van der Waals surface area (Å²) in [5.74, 6) is 0.429. The van der Waals surface area contributed by atoms with E-state index in [9.17, 15) is 9.59 Å². The number of rotatable bonds is 9. The van der Waals surface area contributed by atoms with Gasteiger partial charge < -0.3 is 20.1 Å². The molecule has 0 aliphatic heterocycles. The molecule has 0 spiro atoms. The van der Waals surface area contributed by atoms with Crippen molar-refractivity contribution in [3.63, 3.8) is 0 Å². The molecule has 2 amide bonds. The lowest BCUT2D eigenvalue weighted by Gasteiger charge is -2.23. The third-order valence-electron chi connectivity index (χ3n) is 4.92. The van der Waals surface area contributed by atoms with Crippen molar-refractivity contribution < 1.29 is 19.1 Å². The summed E-state index contributed by atoms with van der Waals surface area (Å²) < 4.78 is 11.1. The summed E-state index contributed by atoms with van der Waals surface area (Å²) in [6, 6.07) is 26.3. The number of hydrogen-bond donors (Lipinski definition) is 2. The Hall–Kier alpha value is -4.06. The minimum atomic E-state index is -0.786. The van der Waals surface area contributed by atoms with E-state index >= 15 is 0 Å². The van der Waals surface area contributed by atoms with Crippen LogP contribution in [0.25, 0.3) is 6.08 Å². The highest BCUT2D eigenvalue weighted by atomic mass is 16.6. The Morgan fingerprint density at radius 3 is 2.06 bits per heavy atom. The summed E-state index contributed by atoms with van der Waals surface area (Å²) in [7, 11) is 0. The number of carbonyl (C=O) groups is 2. The van der Waals surface area contributed by atoms with Gasteiger partial charge in [0.25, 0.3) is 0 Å². The lowest BCUT2D eigenvalue weighted by atomic mass is 10.1. The van der Waals surface area contributed by atoms with E-state index in [0.717, 1.165) is 22.4 Å². The molecule has 0 saturated carbocycles. The Morgan fingerprint density at radius 2 is 1.46 bits per heavy atom. The van der Waals surface area contributed by atoms with Crippen molar-refractivity contribution in [2.45, 2.75) is 45.4 Å². The van der Waals surface area contributed by atoms with E-state index in [1.807, 2.05) is 84.9 Å². The van der Waals surface area contributed by atoms with Gasteiger partial charge in [0.15, 0.2) is 0 Å². The van der Waals surface area contributed by atoms with E-state index in [4.69, 9.17) is 9.47 Å². The van der Waals surface area contributed by atoms with Gasteiger partial charge in [-0.05, 0) is 55.7 Å². The molecule has 6 heteroatoms. The van der Waals surface area contributed by atoms with Crippen LogP contribution in [0.5, 0.6) is 5.75 Å². The first-order chi connectivity index (χ1) is 16.8. The maximum atomic E-state index is 12.9. The number of alkyl carbamates (subject to hydrolysis) is 1. The second kappa shape index (κ2) is 12.4. The zero-order valence-electron chi connectivity index (χ0n) is 20.4. The molecular weight excluding hydrogens is 440 g/mol. The smallest absolute Gasteiger partial charge is 0.408 e. The molecule has 3 aromatic carbocycles. The van der Waals surface area contributed by atoms with Crippen LogP contribution in [0, 0.1) is 0 Å². The highest BCUT2D eigenvalue weighted by molar-refractivity contribution is 5.87. The standard InChI is InChI=1S/C29H32N2O4/c1-29(2,3)35-28(33)31-26(20-23-10-6-4-7-11-23)27(32)30-19-18-22-14-16-25(17-15-22)34-21-24-12-8-5-9-13-24/h4-19,26H,20-21H2,1-3H3,(H,30,32)(H,31,33)/b19-18+/t26-/m0/s1. The fraction of sp³-hybridized carbons (Fsp3) is 0.241. The number of ether oxygens (including phenoxy) is 2. The SMILES string of the molecule is CC(C)(C)OC(=O)N[C@@H](Cc1ccccc1)C(=O)N/C=C/c1ccc(OCc2ccccc2)cc1. The van der Waals surface area contributed by atoms with Crippen LogP contribution in [0.15, 0.2) is 91.1 Å². The third-order valence-corrected chi connectivity index (χ3v) is 4.92. The second-order valence-electron chi connectivity index (χ2n) is 9.07. The fourth-order valence-corrected chi connectivity index (χ4v) is 3.25. The van der Waals surface area contributed by atoms with E-state index < -0.39 is 17.7 Å². The Morgan fingerprint density at radius 1 is 0.857 bits per heavy atom. The van der Waals surface area contributed by atoms with Gasteiger partial charge in [-0.15, -0.1) is 0 Å². The molecule has 0 bridgehead atoms. The zero-order chi connectivity index (χ0) is 25.1. The minimum Gasteiger partial charge on any atom is -0.489 e. The number of nitrogens with one attached hydrogen (secondary N) is 2. The molecule has 3 rings (SSSR count). The summed E-state index contributed by atoms with van der Waals surface area (Å²) in [5, 5.41) is 5.44. The summed E-state index contributed by atoms with van der Waals surface area (Å²) in [4.78, 5) is 25.2. The van der Waals surface area contributed by atoms with Gasteiger partial charge in [0, 0.05) is 12.6 Å². The molecule has 1 atom stereocenters. The van der Waals surface area contributed by atoms with Gasteiger partial charge in [0.05, 0.1) is 0 Å². The van der Waals surface area contributed by atoms with E-state index in [0.29, 0.717) is 13.0 Å². The average molecular weight is 473 g/mol. The molecule has 0 aliphatic rings. The number of carbonyl (C=O) groups excluding carboxylic acids is 2. The summed E-state index contributed by atoms with van der Waals surface area (Å²) in [6.45, 7) is 5.83. The molecule has 3 aromatic rings. The molecule has 0 aliphatic carbocycles. The molecule has 0 aromatic heterocycles. The van der Waals surface area contributed by atoms with Crippen LogP contribution < -0.4 is 15.4 Å². The van der Waals surface area contributed by atoms with Gasteiger partial charge in [0.2, 0.25) is 5.91 Å². The monoisotopic (exact) mass is 472 g/mol. The van der Waals surface area contributed by atoms with Gasteiger partial charge in [0.1, 0.15) is 24.0 Å². The lowest BCUT2D eigenvalue weighted by molar-refractivity contribution is -0.122. The van der Waals surface area contributed by atoms with Crippen molar-refractivity contribution in [1.29, 1.82) is 0 Å². The average Bonchev–Trinajstić information content (AvgIpc) is 2.83. The number of benzene rings is 3. The first-order valence-corrected chi connectivity index (χ1v) is 11.6. The summed E-state index contributed by atoms with van der Waals surface area (Å²) in [6.07, 6.45) is 3.06. The molecule has 6 nitrogen and oxygen atoms in total. The molecule has 35 heavy (non-hydrogen) atoms. The van der Waals surface area contributed by atoms with E-state index in [2.05, 4.69) is 10.6 Å². The zero-order valence-corrected chi connectivity index (χ0v) is 20.4. The van der Waals surface area contributed by atoms with Crippen molar-refractivity contribution >= 4 is 18.1 Å². The van der Waals surface area contributed by atoms with Crippen molar-refractivity contribution in [1.82, 2.24) is 10.6 Å². The summed E-state index contributed by atoms with van der Waals surface area (Å²) >= 11 is 0. The fourth-order valence-electron chi connectivity index (χ4n) is 3.25. The maximum absolute atomic E-state index is 12.9. The van der Waals surface area contributed by atoms with E-state index in [-0.39, 0.29) is 5.91 Å². The van der Waals surface area contributed by atoms with Crippen LogP contribution in [0.1, 0.15) is 37.5 Å². The van der Waals surface area contributed by atoms with Crippen LogP contribution >= 0.6 is 0 Å². The Bertz CT molecular complexity index is 1100. The predicted molar refractivity (Wildman–Crippen MR) is 138 cm³/mol. The minimum absolute atomic E-state index is 0.334. The highest BCUT2D eigenvalue weighted by Gasteiger charge is 2.24. The van der Waals surface area contributed by atoms with E-state index in [1.54, 1.807) is 33.0 Å². The van der Waals surface area contributed by atoms with Crippen LogP contribution in [0.4, 0.5) is 4.79 Å². The molecule has 0 heterocycles. The second-order valence-corrected chi connectivity index (χ2v) is 9.07. The molecule has 0 unspecified atom stereocenters. The van der Waals surface area contributed by atoms with Crippen LogP contribution in [-0.4, -0.2) is 23.6 Å². The van der Waals surface area contributed by atoms with Crippen molar-refractivity contribution in [3.8, 4) is 5.75 Å². The van der Waals surface area contributed by atoms with Crippen LogP contribution in [0.2, 0.25) is 0 Å². The molecule has 0 fully saturated rings. The normalized spacial score (nSPS) is 12.1. The molecule has 0 radical (unpaired) electrons. The lowest BCUT2D eigenvalue weighted by Crippen LogP contribution is -2.48. The molecule has 0 saturated heterocycles. The maximum Gasteiger partial charge on any atom is 0.408 e. The van der Waals surface area contributed by atoms with Gasteiger partial charge in [-0.1, -0.05) is 72.8 Å².